The molecular formula is C32H50O3. The minimum atomic E-state index is -0.183. The molecule has 0 bridgehead atoms. The zero-order chi connectivity index (χ0) is 25.8. The molecule has 0 aromatic carbocycles. The molecule has 3 nitrogen and oxygen atoms in total. The van der Waals surface area contributed by atoms with Crippen molar-refractivity contribution in [2.24, 2.45) is 56.7 Å². The summed E-state index contributed by atoms with van der Waals surface area (Å²) in [7, 11) is 0. The van der Waals surface area contributed by atoms with Gasteiger partial charge in [0.2, 0.25) is 0 Å². The normalized spacial score (nSPS) is 52.8. The molecule has 0 N–H and O–H groups in total. The quantitative estimate of drug-likeness (QED) is 0.358. The maximum Gasteiger partial charge on any atom is 0.302 e. The van der Waals surface area contributed by atoms with E-state index in [9.17, 15) is 9.59 Å². The summed E-state index contributed by atoms with van der Waals surface area (Å²) in [6.45, 7) is 21.1. The molecule has 196 valence electrons. The fourth-order valence-corrected chi connectivity index (χ4v) is 11.5. The highest BCUT2D eigenvalue weighted by molar-refractivity contribution is 5.96. The Bertz CT molecular complexity index is 962. The summed E-state index contributed by atoms with van der Waals surface area (Å²) >= 11 is 0. The van der Waals surface area contributed by atoms with Crippen molar-refractivity contribution in [3.05, 3.63) is 11.6 Å². The molecule has 10 atom stereocenters. The number of ether oxygens (including phenoxy) is 1. The summed E-state index contributed by atoms with van der Waals surface area (Å²) in [6.07, 6.45) is 11.4. The van der Waals surface area contributed by atoms with Crippen LogP contribution in [-0.2, 0) is 14.3 Å². The van der Waals surface area contributed by atoms with Crippen molar-refractivity contribution >= 4 is 11.8 Å². The van der Waals surface area contributed by atoms with Crippen LogP contribution in [0.5, 0.6) is 0 Å². The average molecular weight is 483 g/mol. The van der Waals surface area contributed by atoms with Crippen LogP contribution in [-0.4, -0.2) is 17.9 Å². The van der Waals surface area contributed by atoms with Crippen LogP contribution in [0.4, 0.5) is 0 Å². The number of carbonyl (C=O) groups excluding carboxylic acids is 2. The van der Waals surface area contributed by atoms with Gasteiger partial charge in [0.25, 0.3) is 0 Å². The second-order valence-corrected chi connectivity index (χ2v) is 15.1. The monoisotopic (exact) mass is 482 g/mol. The lowest BCUT2D eigenvalue weighted by Gasteiger charge is -2.73. The number of esters is 1. The van der Waals surface area contributed by atoms with E-state index in [1.165, 1.54) is 37.7 Å². The van der Waals surface area contributed by atoms with Crippen LogP contribution >= 0.6 is 0 Å². The molecule has 0 aliphatic heterocycles. The molecule has 5 aliphatic rings. The van der Waals surface area contributed by atoms with Crippen molar-refractivity contribution in [3.63, 3.8) is 0 Å². The number of carbonyl (C=O) groups is 2. The highest BCUT2D eigenvalue weighted by atomic mass is 16.5. The molecule has 4 saturated carbocycles. The molecule has 5 aliphatic carbocycles. The van der Waals surface area contributed by atoms with E-state index in [4.69, 9.17) is 4.74 Å². The molecule has 35 heavy (non-hydrogen) atoms. The Morgan fingerprint density at radius 2 is 1.57 bits per heavy atom. The van der Waals surface area contributed by atoms with Crippen LogP contribution in [0.15, 0.2) is 11.6 Å². The van der Waals surface area contributed by atoms with Crippen LogP contribution < -0.4 is 0 Å². The molecule has 0 unspecified atom stereocenters. The number of allylic oxidation sites excluding steroid dienone is 2. The lowest BCUT2D eigenvalue weighted by atomic mass is 9.31. The van der Waals surface area contributed by atoms with Crippen LogP contribution in [0.1, 0.15) is 114 Å². The van der Waals surface area contributed by atoms with Crippen molar-refractivity contribution in [1.29, 1.82) is 0 Å². The van der Waals surface area contributed by atoms with Crippen molar-refractivity contribution < 1.29 is 14.3 Å². The molecule has 0 radical (unpaired) electrons. The number of fused-ring (bicyclic) bond motifs is 7. The predicted octanol–water partition coefficient (Wildman–Crippen LogP) is 7.77. The minimum absolute atomic E-state index is 0.00903. The van der Waals surface area contributed by atoms with E-state index < -0.39 is 0 Å². The van der Waals surface area contributed by atoms with E-state index in [-0.39, 0.29) is 33.7 Å². The second-order valence-electron chi connectivity index (χ2n) is 15.1. The van der Waals surface area contributed by atoms with Crippen LogP contribution in [0.2, 0.25) is 0 Å². The lowest BCUT2D eigenvalue weighted by molar-refractivity contribution is -0.250. The molecule has 0 aromatic heterocycles. The molecule has 3 heteroatoms. The molecule has 0 aromatic rings. The van der Waals surface area contributed by atoms with Crippen LogP contribution in [0, 0.1) is 56.7 Å². The summed E-state index contributed by atoms with van der Waals surface area (Å²) in [6, 6.07) is 0. The van der Waals surface area contributed by atoms with Gasteiger partial charge in [0.1, 0.15) is 6.10 Å². The fraction of sp³-hybridized carbons (Fsp3) is 0.875. The number of rotatable bonds is 1. The Kier molecular flexibility index (Phi) is 5.62. The zero-order valence-corrected chi connectivity index (χ0v) is 23.9. The Labute approximate surface area is 214 Å². The van der Waals surface area contributed by atoms with Gasteiger partial charge in [0.15, 0.2) is 5.78 Å². The molecule has 0 spiro atoms. The van der Waals surface area contributed by atoms with Gasteiger partial charge in [-0.2, -0.15) is 0 Å². The molecule has 5 rings (SSSR count). The first-order valence-corrected chi connectivity index (χ1v) is 14.5. The lowest BCUT2D eigenvalue weighted by Crippen LogP contribution is -2.67. The van der Waals surface area contributed by atoms with E-state index in [2.05, 4.69) is 55.4 Å². The van der Waals surface area contributed by atoms with Gasteiger partial charge in [0.05, 0.1) is 0 Å². The molecule has 0 saturated heterocycles. The summed E-state index contributed by atoms with van der Waals surface area (Å²) < 4.78 is 5.89. The van der Waals surface area contributed by atoms with E-state index in [1.54, 1.807) is 6.92 Å². The van der Waals surface area contributed by atoms with Crippen molar-refractivity contribution in [2.75, 3.05) is 0 Å². The topological polar surface area (TPSA) is 43.4 Å². The van der Waals surface area contributed by atoms with Crippen molar-refractivity contribution in [3.8, 4) is 0 Å². The smallest absolute Gasteiger partial charge is 0.302 e. The van der Waals surface area contributed by atoms with Gasteiger partial charge >= 0.3 is 5.97 Å². The van der Waals surface area contributed by atoms with E-state index >= 15 is 0 Å². The Balaban J connectivity index is 1.52. The van der Waals surface area contributed by atoms with Gasteiger partial charge in [-0.1, -0.05) is 54.0 Å². The SMILES string of the molecule is CC(=O)O[C@H]1CC[C@]2(C)[C@H]3CC[C@@H]4[C@H]5[C@H](C)C(C)=CC(=O)[C@]5(C)CC[C@@]4(C)[C@]3(C)CC[C@H]2C1(C)C. The molecular weight excluding hydrogens is 432 g/mol. The minimum Gasteiger partial charge on any atom is -0.462 e. The third-order valence-corrected chi connectivity index (χ3v) is 13.7. The molecule has 0 heterocycles. The van der Waals surface area contributed by atoms with Gasteiger partial charge < -0.3 is 4.74 Å². The Hall–Kier alpha value is -1.12. The molecule has 0 amide bonds. The first-order valence-electron chi connectivity index (χ1n) is 14.5. The van der Waals surface area contributed by atoms with E-state index in [1.807, 2.05) is 6.08 Å². The number of hydrogen-bond donors (Lipinski definition) is 0. The van der Waals surface area contributed by atoms with Gasteiger partial charge in [-0.3, -0.25) is 9.59 Å². The van der Waals surface area contributed by atoms with Crippen molar-refractivity contribution in [2.45, 2.75) is 120 Å². The maximum atomic E-state index is 13.4. The Morgan fingerprint density at radius 1 is 0.886 bits per heavy atom. The Morgan fingerprint density at radius 3 is 2.23 bits per heavy atom. The van der Waals surface area contributed by atoms with Gasteiger partial charge in [-0.05, 0) is 110 Å². The average Bonchev–Trinajstić information content (AvgIpc) is 2.75. The standard InChI is InChI=1S/C32H50O3/c1-19-18-25(34)30(7)16-17-31(8)22(27(30)20(19)2)10-11-24-29(6)14-13-26(35-21(3)33)28(4,5)23(29)12-15-32(24,31)9/h18,20,22-24,26-27H,10-17H2,1-9H3/t20-,22-,23+,24-,26+,27-,29+,30+,31-,32-/m1/s1. The largest absolute Gasteiger partial charge is 0.462 e. The summed E-state index contributed by atoms with van der Waals surface area (Å²) in [5.41, 5.74) is 1.98. The number of hydrogen-bond acceptors (Lipinski definition) is 3. The third-order valence-electron chi connectivity index (χ3n) is 13.7. The summed E-state index contributed by atoms with van der Waals surface area (Å²) in [5.74, 6) is 3.13. The number of ketones is 1. The zero-order valence-electron chi connectivity index (χ0n) is 23.9. The molecule has 4 fully saturated rings. The first kappa shape index (κ1) is 25.5. The highest BCUT2D eigenvalue weighted by Crippen LogP contribution is 2.76. The fourth-order valence-electron chi connectivity index (χ4n) is 11.5. The van der Waals surface area contributed by atoms with Crippen molar-refractivity contribution in [1.82, 2.24) is 0 Å². The van der Waals surface area contributed by atoms with E-state index in [0.717, 1.165) is 19.3 Å². The van der Waals surface area contributed by atoms with Gasteiger partial charge in [0, 0.05) is 17.8 Å². The van der Waals surface area contributed by atoms with E-state index in [0.29, 0.717) is 40.8 Å². The first-order chi connectivity index (χ1) is 16.1. The van der Waals surface area contributed by atoms with Crippen LogP contribution in [0.25, 0.3) is 0 Å². The summed E-state index contributed by atoms with van der Waals surface area (Å²) in [4.78, 5) is 25.2. The van der Waals surface area contributed by atoms with Crippen LogP contribution in [0.3, 0.4) is 0 Å². The second kappa shape index (κ2) is 7.70. The predicted molar refractivity (Wildman–Crippen MR) is 141 cm³/mol. The third kappa shape index (κ3) is 3.14. The van der Waals surface area contributed by atoms with Gasteiger partial charge in [-0.15, -0.1) is 0 Å². The highest BCUT2D eigenvalue weighted by Gasteiger charge is 2.70. The maximum absolute atomic E-state index is 13.4. The van der Waals surface area contributed by atoms with Gasteiger partial charge in [-0.25, -0.2) is 0 Å². The summed E-state index contributed by atoms with van der Waals surface area (Å²) in [5, 5.41) is 0.